The second kappa shape index (κ2) is 4.80. The summed E-state index contributed by atoms with van der Waals surface area (Å²) in [6.07, 6.45) is 2.03. The molecule has 2 aromatic rings. The Kier molecular flexibility index (Phi) is 3.20. The van der Waals surface area contributed by atoms with Gasteiger partial charge in [0.25, 0.3) is 0 Å². The largest absolute Gasteiger partial charge is 0.487 e. The van der Waals surface area contributed by atoms with Gasteiger partial charge in [0.2, 0.25) is 0 Å². The summed E-state index contributed by atoms with van der Waals surface area (Å²) in [7, 11) is 0. The van der Waals surface area contributed by atoms with Crippen LogP contribution < -0.4 is 4.74 Å². The molecule has 0 aromatic carbocycles. The average Bonchev–Trinajstić information content (AvgIpc) is 2.37. The molecule has 5 nitrogen and oxygen atoms in total. The standard InChI is InChI=1S/C13H11N3O2/c1-8(2)18-13-9(6-14)11(7-17)16-10-4-3-5-15-12(10)13/h3-5,7-8H,1-2H3. The number of ether oxygens (including phenoxy) is 1. The van der Waals surface area contributed by atoms with Crippen LogP contribution >= 0.6 is 0 Å². The lowest BCUT2D eigenvalue weighted by Crippen LogP contribution is -2.10. The molecule has 2 heterocycles. The molecule has 0 atom stereocenters. The quantitative estimate of drug-likeness (QED) is 0.769. The molecule has 5 heteroatoms. The van der Waals surface area contributed by atoms with E-state index in [9.17, 15) is 4.79 Å². The van der Waals surface area contributed by atoms with Crippen molar-refractivity contribution in [3.05, 3.63) is 29.6 Å². The van der Waals surface area contributed by atoms with E-state index in [0.717, 1.165) is 0 Å². The lowest BCUT2D eigenvalue weighted by Gasteiger charge is -2.13. The fourth-order valence-electron chi connectivity index (χ4n) is 1.63. The molecule has 2 aromatic heterocycles. The number of carbonyl (C=O) groups excluding carboxylic acids is 1. The maximum Gasteiger partial charge on any atom is 0.169 e. The number of aromatic nitrogens is 2. The smallest absolute Gasteiger partial charge is 0.169 e. The molecule has 0 aliphatic heterocycles. The van der Waals surface area contributed by atoms with Crippen LogP contribution in [0.3, 0.4) is 0 Å². The number of nitrogens with zero attached hydrogens (tertiary/aromatic N) is 3. The highest BCUT2D eigenvalue weighted by molar-refractivity contribution is 5.90. The van der Waals surface area contributed by atoms with Crippen LogP contribution in [0, 0.1) is 11.3 Å². The van der Waals surface area contributed by atoms with Crippen molar-refractivity contribution in [1.82, 2.24) is 9.97 Å². The van der Waals surface area contributed by atoms with Gasteiger partial charge < -0.3 is 4.74 Å². The van der Waals surface area contributed by atoms with Crippen molar-refractivity contribution in [2.75, 3.05) is 0 Å². The Hall–Kier alpha value is -2.48. The van der Waals surface area contributed by atoms with Crippen LogP contribution in [-0.4, -0.2) is 22.4 Å². The summed E-state index contributed by atoms with van der Waals surface area (Å²) in [5, 5.41) is 9.15. The minimum atomic E-state index is -0.121. The van der Waals surface area contributed by atoms with Gasteiger partial charge >= 0.3 is 0 Å². The van der Waals surface area contributed by atoms with Crippen molar-refractivity contribution >= 4 is 17.3 Å². The minimum absolute atomic E-state index is 0.0775. The van der Waals surface area contributed by atoms with E-state index in [2.05, 4.69) is 9.97 Å². The van der Waals surface area contributed by atoms with Crippen molar-refractivity contribution in [2.45, 2.75) is 20.0 Å². The summed E-state index contributed by atoms with van der Waals surface area (Å²) in [6, 6.07) is 5.40. The first-order valence-electron chi connectivity index (χ1n) is 5.48. The number of nitriles is 1. The zero-order chi connectivity index (χ0) is 13.1. The van der Waals surface area contributed by atoms with E-state index in [0.29, 0.717) is 23.1 Å². The van der Waals surface area contributed by atoms with E-state index in [1.54, 1.807) is 18.3 Å². The fourth-order valence-corrected chi connectivity index (χ4v) is 1.63. The van der Waals surface area contributed by atoms with E-state index < -0.39 is 0 Å². The third-order valence-electron chi connectivity index (χ3n) is 2.30. The minimum Gasteiger partial charge on any atom is -0.487 e. The van der Waals surface area contributed by atoms with Gasteiger partial charge in [-0.15, -0.1) is 0 Å². The maximum absolute atomic E-state index is 11.0. The van der Waals surface area contributed by atoms with E-state index in [4.69, 9.17) is 10.00 Å². The van der Waals surface area contributed by atoms with Crippen LogP contribution in [-0.2, 0) is 0 Å². The van der Waals surface area contributed by atoms with E-state index in [-0.39, 0.29) is 17.4 Å². The Balaban J connectivity index is 2.83. The van der Waals surface area contributed by atoms with Gasteiger partial charge in [-0.2, -0.15) is 5.26 Å². The Morgan fingerprint density at radius 3 is 2.89 bits per heavy atom. The van der Waals surface area contributed by atoms with Crippen molar-refractivity contribution in [3.8, 4) is 11.8 Å². The highest BCUT2D eigenvalue weighted by Crippen LogP contribution is 2.29. The van der Waals surface area contributed by atoms with E-state index in [1.165, 1.54) is 0 Å². The Labute approximate surface area is 104 Å². The van der Waals surface area contributed by atoms with Crippen molar-refractivity contribution < 1.29 is 9.53 Å². The van der Waals surface area contributed by atoms with Gasteiger partial charge in [-0.25, -0.2) is 4.98 Å². The summed E-state index contributed by atoms with van der Waals surface area (Å²) < 4.78 is 5.61. The van der Waals surface area contributed by atoms with Crippen LogP contribution in [0.1, 0.15) is 29.9 Å². The number of pyridine rings is 2. The number of rotatable bonds is 3. The lowest BCUT2D eigenvalue weighted by molar-refractivity contribution is 0.111. The van der Waals surface area contributed by atoms with Crippen LogP contribution in [0.2, 0.25) is 0 Å². The summed E-state index contributed by atoms with van der Waals surface area (Å²) in [5.74, 6) is 0.320. The molecule has 0 aliphatic carbocycles. The Morgan fingerprint density at radius 1 is 1.50 bits per heavy atom. The second-order valence-electron chi connectivity index (χ2n) is 3.97. The Morgan fingerprint density at radius 2 is 2.28 bits per heavy atom. The molecule has 0 saturated carbocycles. The number of fused-ring (bicyclic) bond motifs is 1. The number of aldehydes is 1. The summed E-state index contributed by atoms with van der Waals surface area (Å²) in [6.45, 7) is 3.69. The molecule has 0 unspecified atom stereocenters. The molecule has 0 amide bonds. The fraction of sp³-hybridized carbons (Fsp3) is 0.231. The molecule has 0 spiro atoms. The van der Waals surface area contributed by atoms with Crippen LogP contribution in [0.25, 0.3) is 11.0 Å². The molecule has 18 heavy (non-hydrogen) atoms. The Bertz CT molecular complexity index is 644. The van der Waals surface area contributed by atoms with Crippen molar-refractivity contribution in [2.24, 2.45) is 0 Å². The first-order valence-corrected chi connectivity index (χ1v) is 5.48. The summed E-state index contributed by atoms with van der Waals surface area (Å²) in [5.41, 5.74) is 1.24. The lowest BCUT2D eigenvalue weighted by atomic mass is 10.1. The monoisotopic (exact) mass is 241 g/mol. The van der Waals surface area contributed by atoms with Crippen LogP contribution in [0.15, 0.2) is 18.3 Å². The number of hydrogen-bond donors (Lipinski definition) is 0. The van der Waals surface area contributed by atoms with Gasteiger partial charge in [0, 0.05) is 6.20 Å². The van der Waals surface area contributed by atoms with E-state index >= 15 is 0 Å². The normalized spacial score (nSPS) is 10.3. The van der Waals surface area contributed by atoms with Gasteiger partial charge in [-0.3, -0.25) is 9.78 Å². The maximum atomic E-state index is 11.0. The number of carbonyl (C=O) groups is 1. The van der Waals surface area contributed by atoms with E-state index in [1.807, 2.05) is 19.9 Å². The topological polar surface area (TPSA) is 75.9 Å². The predicted octanol–water partition coefficient (Wildman–Crippen LogP) is 2.10. The molecule has 0 aliphatic rings. The van der Waals surface area contributed by atoms with Gasteiger partial charge in [0.15, 0.2) is 12.0 Å². The highest BCUT2D eigenvalue weighted by Gasteiger charge is 2.17. The number of hydrogen-bond acceptors (Lipinski definition) is 5. The van der Waals surface area contributed by atoms with Gasteiger partial charge in [0.05, 0.1) is 11.6 Å². The third-order valence-corrected chi connectivity index (χ3v) is 2.30. The molecule has 0 saturated heterocycles. The van der Waals surface area contributed by atoms with Gasteiger partial charge in [0.1, 0.15) is 22.8 Å². The molecule has 90 valence electrons. The zero-order valence-electron chi connectivity index (χ0n) is 10.0. The SMILES string of the molecule is CC(C)Oc1c(C#N)c(C=O)nc2cccnc12. The molecule has 2 rings (SSSR count). The van der Waals surface area contributed by atoms with Crippen LogP contribution in [0.5, 0.6) is 5.75 Å². The van der Waals surface area contributed by atoms with Crippen molar-refractivity contribution in [3.63, 3.8) is 0 Å². The summed E-state index contributed by atoms with van der Waals surface area (Å²) >= 11 is 0. The highest BCUT2D eigenvalue weighted by atomic mass is 16.5. The third kappa shape index (κ3) is 2.00. The molecule has 0 bridgehead atoms. The zero-order valence-corrected chi connectivity index (χ0v) is 10.0. The first-order chi connectivity index (χ1) is 8.67. The van der Waals surface area contributed by atoms with Gasteiger partial charge in [-0.1, -0.05) is 0 Å². The molecular weight excluding hydrogens is 230 g/mol. The van der Waals surface area contributed by atoms with Crippen molar-refractivity contribution in [1.29, 1.82) is 5.26 Å². The molecule has 0 N–H and O–H groups in total. The first kappa shape index (κ1) is 12.0. The molecule has 0 radical (unpaired) electrons. The molecular formula is C13H11N3O2. The summed E-state index contributed by atoms with van der Waals surface area (Å²) in [4.78, 5) is 19.2. The van der Waals surface area contributed by atoms with Gasteiger partial charge in [-0.05, 0) is 26.0 Å². The predicted molar refractivity (Wildman–Crippen MR) is 65.4 cm³/mol. The molecule has 0 fully saturated rings. The van der Waals surface area contributed by atoms with Crippen LogP contribution in [0.4, 0.5) is 0 Å². The average molecular weight is 241 g/mol. The second-order valence-corrected chi connectivity index (χ2v) is 3.97.